The maximum atomic E-state index is 12.6. The molecule has 30 heavy (non-hydrogen) atoms. The molecule has 4 rings (SSSR count). The van der Waals surface area contributed by atoms with E-state index in [2.05, 4.69) is 20.0 Å². The number of fused-ring (bicyclic) bond motifs is 1. The molecule has 0 saturated carbocycles. The Labute approximate surface area is 174 Å². The van der Waals surface area contributed by atoms with E-state index in [9.17, 15) is 18.0 Å². The van der Waals surface area contributed by atoms with Crippen LogP contribution in [0.5, 0.6) is 0 Å². The van der Waals surface area contributed by atoms with E-state index in [-0.39, 0.29) is 29.2 Å². The van der Waals surface area contributed by atoms with Crippen LogP contribution in [0.15, 0.2) is 58.1 Å². The fraction of sp³-hybridized carbons (Fsp3) is 0.300. The maximum absolute atomic E-state index is 12.6. The van der Waals surface area contributed by atoms with E-state index in [1.807, 2.05) is 4.90 Å². The van der Waals surface area contributed by atoms with Crippen molar-refractivity contribution in [2.24, 2.45) is 10.3 Å². The topological polar surface area (TPSA) is 121 Å². The number of nitrogens with zero attached hydrogens (tertiary/aromatic N) is 3. The number of aromatic nitrogens is 1. The first-order valence-electron chi connectivity index (χ1n) is 9.61. The molecule has 0 aliphatic carbocycles. The van der Waals surface area contributed by atoms with Crippen LogP contribution in [0.25, 0.3) is 0 Å². The van der Waals surface area contributed by atoms with Crippen molar-refractivity contribution in [2.75, 3.05) is 25.0 Å². The minimum absolute atomic E-state index is 0.150. The normalized spacial score (nSPS) is 19.5. The first-order chi connectivity index (χ1) is 14.4. The largest absolute Gasteiger partial charge is 0.355 e. The summed E-state index contributed by atoms with van der Waals surface area (Å²) in [7, 11) is -3.71. The third-order valence-electron chi connectivity index (χ3n) is 5.07. The van der Waals surface area contributed by atoms with Gasteiger partial charge in [0.05, 0.1) is 24.3 Å². The third kappa shape index (κ3) is 4.18. The summed E-state index contributed by atoms with van der Waals surface area (Å²) in [6, 6.07) is 10.1. The van der Waals surface area contributed by atoms with Gasteiger partial charge in [0.25, 0.3) is 10.0 Å². The molecule has 2 N–H and O–H groups in total. The highest BCUT2D eigenvalue weighted by Crippen LogP contribution is 2.29. The molecule has 1 aromatic heterocycles. The summed E-state index contributed by atoms with van der Waals surface area (Å²) >= 11 is 0. The van der Waals surface area contributed by atoms with Crippen molar-refractivity contribution in [3.05, 3.63) is 54.4 Å². The van der Waals surface area contributed by atoms with E-state index < -0.39 is 10.0 Å². The van der Waals surface area contributed by atoms with Crippen molar-refractivity contribution in [2.45, 2.75) is 17.7 Å². The number of rotatable bonds is 4. The lowest BCUT2D eigenvalue weighted by atomic mass is 9.96. The molecule has 2 aliphatic rings. The number of amides is 2. The number of benzene rings is 1. The molecular formula is C20H21N5O4S. The van der Waals surface area contributed by atoms with Gasteiger partial charge in [-0.15, -0.1) is 4.40 Å². The first-order valence-corrected chi connectivity index (χ1v) is 11.0. The number of anilines is 1. The molecule has 1 atom stereocenters. The van der Waals surface area contributed by atoms with E-state index in [4.69, 9.17) is 0 Å². The number of piperidine rings is 1. The van der Waals surface area contributed by atoms with Crippen molar-refractivity contribution >= 4 is 33.4 Å². The maximum Gasteiger partial charge on any atom is 0.285 e. The summed E-state index contributed by atoms with van der Waals surface area (Å²) in [5, 5.41) is 5.32. The van der Waals surface area contributed by atoms with Gasteiger partial charge >= 0.3 is 0 Å². The summed E-state index contributed by atoms with van der Waals surface area (Å²) in [5.41, 5.74) is 1.12. The number of likely N-dealkylation sites (tertiary alicyclic amines) is 1. The zero-order valence-electron chi connectivity index (χ0n) is 16.1. The second kappa shape index (κ2) is 8.23. The summed E-state index contributed by atoms with van der Waals surface area (Å²) < 4.78 is 28.6. The van der Waals surface area contributed by atoms with Crippen molar-refractivity contribution in [1.29, 1.82) is 0 Å². The lowest BCUT2D eigenvalue weighted by molar-refractivity contribution is -0.128. The van der Waals surface area contributed by atoms with Crippen molar-refractivity contribution in [3.63, 3.8) is 0 Å². The standard InChI is InChI=1S/C20H21N5O4S/c26-18(23-15-6-3-9-21-11-15)12-22-20(27)14-5-4-10-25(13-14)19-16-7-1-2-8-17(16)30(28,29)24-19/h1-3,6-9,11,14H,4-5,10,12-13H2,(H,22,27)(H,23,26). The Morgan fingerprint density at radius 3 is 2.80 bits per heavy atom. The molecule has 9 nitrogen and oxygen atoms in total. The molecule has 2 aromatic rings. The lowest BCUT2D eigenvalue weighted by Crippen LogP contribution is -2.46. The highest BCUT2D eigenvalue weighted by Gasteiger charge is 2.35. The van der Waals surface area contributed by atoms with Crippen LogP contribution in [-0.2, 0) is 19.6 Å². The van der Waals surface area contributed by atoms with Crippen molar-refractivity contribution in [1.82, 2.24) is 15.2 Å². The Morgan fingerprint density at radius 1 is 1.17 bits per heavy atom. The van der Waals surface area contributed by atoms with Crippen molar-refractivity contribution < 1.29 is 18.0 Å². The molecule has 2 aliphatic heterocycles. The van der Waals surface area contributed by atoms with Gasteiger partial charge in [-0.1, -0.05) is 12.1 Å². The minimum Gasteiger partial charge on any atom is -0.355 e. The van der Waals surface area contributed by atoms with Crippen LogP contribution in [0.2, 0.25) is 0 Å². The smallest absolute Gasteiger partial charge is 0.285 e. The zero-order chi connectivity index (χ0) is 21.1. The molecule has 1 fully saturated rings. The zero-order valence-corrected chi connectivity index (χ0v) is 16.9. The number of nitrogens with one attached hydrogen (secondary N) is 2. The Morgan fingerprint density at radius 2 is 2.00 bits per heavy atom. The first kappa shape index (κ1) is 20.0. The average molecular weight is 427 g/mol. The molecule has 3 heterocycles. The number of hydrogen-bond donors (Lipinski definition) is 2. The minimum atomic E-state index is -3.71. The number of carbonyl (C=O) groups is 2. The van der Waals surface area contributed by atoms with Crippen LogP contribution in [-0.4, -0.2) is 55.6 Å². The molecule has 156 valence electrons. The van der Waals surface area contributed by atoms with Gasteiger partial charge in [-0.05, 0) is 37.1 Å². The fourth-order valence-corrected chi connectivity index (χ4v) is 4.88. The van der Waals surface area contributed by atoms with Crippen LogP contribution >= 0.6 is 0 Å². The second-order valence-corrected chi connectivity index (χ2v) is 8.75. The number of pyridine rings is 1. The van der Waals surface area contributed by atoms with E-state index in [1.54, 1.807) is 36.5 Å². The summed E-state index contributed by atoms with van der Waals surface area (Å²) in [6.45, 7) is 0.815. The molecule has 0 bridgehead atoms. The van der Waals surface area contributed by atoms with Gasteiger partial charge < -0.3 is 15.5 Å². The van der Waals surface area contributed by atoms with E-state index in [1.165, 1.54) is 12.3 Å². The van der Waals surface area contributed by atoms with Crippen LogP contribution in [0.1, 0.15) is 18.4 Å². The molecule has 0 radical (unpaired) electrons. The molecule has 1 aromatic carbocycles. The van der Waals surface area contributed by atoms with Gasteiger partial charge in [-0.3, -0.25) is 14.6 Å². The monoisotopic (exact) mass is 427 g/mol. The molecule has 0 spiro atoms. The van der Waals surface area contributed by atoms with Crippen LogP contribution in [0.3, 0.4) is 0 Å². The number of hydrogen-bond acceptors (Lipinski definition) is 6. The predicted octanol–water partition coefficient (Wildman–Crippen LogP) is 0.997. The Hall–Kier alpha value is -3.27. The van der Waals surface area contributed by atoms with Crippen LogP contribution < -0.4 is 10.6 Å². The number of carbonyl (C=O) groups excluding carboxylic acids is 2. The fourth-order valence-electron chi connectivity index (χ4n) is 3.65. The number of sulfonamides is 1. The third-order valence-corrected chi connectivity index (χ3v) is 6.40. The summed E-state index contributed by atoms with van der Waals surface area (Å²) in [6.07, 6.45) is 4.51. The van der Waals surface area contributed by atoms with Gasteiger partial charge in [0.2, 0.25) is 11.8 Å². The van der Waals surface area contributed by atoms with Gasteiger partial charge in [0.1, 0.15) is 4.90 Å². The van der Waals surface area contributed by atoms with E-state index in [0.29, 0.717) is 36.6 Å². The van der Waals surface area contributed by atoms with E-state index >= 15 is 0 Å². The van der Waals surface area contributed by atoms with Gasteiger partial charge in [-0.2, -0.15) is 8.42 Å². The van der Waals surface area contributed by atoms with E-state index in [0.717, 1.165) is 6.42 Å². The molecular weight excluding hydrogens is 406 g/mol. The Bertz CT molecular complexity index is 1100. The highest BCUT2D eigenvalue weighted by molar-refractivity contribution is 7.90. The average Bonchev–Trinajstić information content (AvgIpc) is 3.04. The lowest BCUT2D eigenvalue weighted by Gasteiger charge is -2.33. The molecule has 1 saturated heterocycles. The van der Waals surface area contributed by atoms with Crippen LogP contribution in [0, 0.1) is 5.92 Å². The highest BCUT2D eigenvalue weighted by atomic mass is 32.2. The molecule has 10 heteroatoms. The Kier molecular flexibility index (Phi) is 5.49. The molecule has 1 unspecified atom stereocenters. The predicted molar refractivity (Wildman–Crippen MR) is 110 cm³/mol. The second-order valence-electron chi connectivity index (χ2n) is 7.18. The Balaban J connectivity index is 1.37. The van der Waals surface area contributed by atoms with Crippen molar-refractivity contribution in [3.8, 4) is 0 Å². The molecule has 2 amide bonds. The van der Waals surface area contributed by atoms with Gasteiger partial charge in [0.15, 0.2) is 5.84 Å². The summed E-state index contributed by atoms with van der Waals surface area (Å²) in [4.78, 5) is 30.6. The SMILES string of the molecule is O=C(CNC(=O)C1CCCN(C2=NS(=O)(=O)c3ccccc32)C1)Nc1cccnc1. The van der Waals surface area contributed by atoms with Gasteiger partial charge in [-0.25, -0.2) is 0 Å². The van der Waals surface area contributed by atoms with Gasteiger partial charge in [0, 0.05) is 24.8 Å². The quantitative estimate of drug-likeness (QED) is 0.751. The number of amidine groups is 1. The summed E-state index contributed by atoms with van der Waals surface area (Å²) in [5.74, 6) is -0.555. The van der Waals surface area contributed by atoms with Crippen LogP contribution in [0.4, 0.5) is 5.69 Å².